The van der Waals surface area contributed by atoms with E-state index in [1.807, 2.05) is 0 Å². The number of aryl methyl sites for hydroxylation is 1. The van der Waals surface area contributed by atoms with Crippen molar-refractivity contribution in [1.82, 2.24) is 19.8 Å². The Kier molecular flexibility index (Phi) is 9.71. The summed E-state index contributed by atoms with van der Waals surface area (Å²) in [5.74, 6) is 0.733. The molecule has 3 aliphatic rings. The second kappa shape index (κ2) is 14.1. The first-order chi connectivity index (χ1) is 22.4. The van der Waals surface area contributed by atoms with E-state index in [1.165, 1.54) is 28.1 Å². The molecule has 6 rings (SSSR count). The number of aromatic nitrogens is 2. The molecule has 2 saturated heterocycles. The Morgan fingerprint density at radius 1 is 1.13 bits per heavy atom. The maximum absolute atomic E-state index is 12.6. The van der Waals surface area contributed by atoms with E-state index in [-0.39, 0.29) is 24.6 Å². The fraction of sp³-hybridized carbons (Fsp3) is 0.500. The van der Waals surface area contributed by atoms with E-state index in [0.29, 0.717) is 44.8 Å². The zero-order chi connectivity index (χ0) is 32.2. The molecule has 0 aliphatic carbocycles. The maximum atomic E-state index is 12.6. The van der Waals surface area contributed by atoms with E-state index in [0.717, 1.165) is 56.2 Å². The average Bonchev–Trinajstić information content (AvgIpc) is 3.07. The van der Waals surface area contributed by atoms with E-state index >= 15 is 0 Å². The van der Waals surface area contributed by atoms with Crippen LogP contribution < -0.4 is 14.5 Å². The van der Waals surface area contributed by atoms with Gasteiger partial charge in [0.25, 0.3) is 0 Å². The summed E-state index contributed by atoms with van der Waals surface area (Å²) < 4.78 is 12.1. The van der Waals surface area contributed by atoms with Crippen molar-refractivity contribution in [3.8, 4) is 6.01 Å². The number of nitrogens with zero attached hydrogens (tertiary/aromatic N) is 7. The van der Waals surface area contributed by atoms with Gasteiger partial charge in [-0.2, -0.15) is 9.97 Å². The zero-order valence-corrected chi connectivity index (χ0v) is 27.3. The third-order valence-electron chi connectivity index (χ3n) is 9.55. The number of morpholine rings is 1. The van der Waals surface area contributed by atoms with Crippen molar-refractivity contribution in [2.45, 2.75) is 58.3 Å². The van der Waals surface area contributed by atoms with Gasteiger partial charge in [0.15, 0.2) is 0 Å². The van der Waals surface area contributed by atoms with E-state index in [1.54, 1.807) is 4.90 Å². The molecule has 242 valence electrons. The lowest BCUT2D eigenvalue weighted by Gasteiger charge is -2.41. The molecule has 46 heavy (non-hydrogen) atoms. The molecule has 0 unspecified atom stereocenters. The van der Waals surface area contributed by atoms with Gasteiger partial charge in [0, 0.05) is 61.9 Å². The van der Waals surface area contributed by atoms with Gasteiger partial charge in [-0.15, -0.1) is 0 Å². The summed E-state index contributed by atoms with van der Waals surface area (Å²) >= 11 is 0. The molecule has 3 atom stereocenters. The highest BCUT2D eigenvalue weighted by atomic mass is 16.5. The van der Waals surface area contributed by atoms with Crippen molar-refractivity contribution in [1.29, 1.82) is 0 Å². The van der Waals surface area contributed by atoms with Gasteiger partial charge in [0.2, 0.25) is 12.5 Å². The predicted octanol–water partition coefficient (Wildman–Crippen LogP) is 4.50. The quantitative estimate of drug-likeness (QED) is 0.196. The summed E-state index contributed by atoms with van der Waals surface area (Å²) in [5, 5.41) is 2.51. The lowest BCUT2D eigenvalue weighted by Crippen LogP contribution is -2.56. The molecule has 0 N–H and O–H groups in total. The molecule has 0 radical (unpaired) electrons. The minimum atomic E-state index is -0.233. The van der Waals surface area contributed by atoms with Gasteiger partial charge < -0.3 is 29.0 Å². The Balaban J connectivity index is 1.27. The number of ether oxygens (including phenoxy) is 2. The van der Waals surface area contributed by atoms with Gasteiger partial charge in [0.05, 0.1) is 31.6 Å². The monoisotopic (exact) mass is 623 g/mol. The molecule has 0 saturated carbocycles. The standard InChI is InChI=1S/C36H45N7O3/c1-6-33(44)43-18-17-42(22-29(43)20-37-5)35-30-14-16-41(32-13-8-12-28-11-7-10-25(2)34(28)32)23-31(30)38-36(39-35)45-19-9-15-40-21-27(4)46-24-26(40)3/h6-8,10-13,26-27,29H,1,9,14-24H2,2-4H3/t26-,27-,29-/m0/s1. The van der Waals surface area contributed by atoms with Crippen molar-refractivity contribution < 1.29 is 14.3 Å². The summed E-state index contributed by atoms with van der Waals surface area (Å²) in [7, 11) is 0. The highest BCUT2D eigenvalue weighted by Gasteiger charge is 2.35. The van der Waals surface area contributed by atoms with Crippen molar-refractivity contribution in [3.05, 3.63) is 77.3 Å². The van der Waals surface area contributed by atoms with E-state index < -0.39 is 0 Å². The van der Waals surface area contributed by atoms with Gasteiger partial charge >= 0.3 is 6.01 Å². The van der Waals surface area contributed by atoms with Gasteiger partial charge in [-0.1, -0.05) is 36.9 Å². The van der Waals surface area contributed by atoms with Crippen LogP contribution in [0.25, 0.3) is 15.6 Å². The second-order valence-corrected chi connectivity index (χ2v) is 12.7. The topological polar surface area (TPSA) is 78.6 Å². The molecule has 3 aliphatic heterocycles. The summed E-state index contributed by atoms with van der Waals surface area (Å²) in [6.07, 6.45) is 3.24. The lowest BCUT2D eigenvalue weighted by atomic mass is 9.99. The Bertz CT molecular complexity index is 1620. The smallest absolute Gasteiger partial charge is 0.318 e. The number of rotatable bonds is 9. The molecule has 0 spiro atoms. The fourth-order valence-corrected chi connectivity index (χ4v) is 7.12. The molecule has 0 bridgehead atoms. The molecule has 2 aromatic carbocycles. The predicted molar refractivity (Wildman–Crippen MR) is 181 cm³/mol. The highest BCUT2D eigenvalue weighted by molar-refractivity contribution is 5.97. The van der Waals surface area contributed by atoms with Crippen molar-refractivity contribution in [3.63, 3.8) is 0 Å². The van der Waals surface area contributed by atoms with Crippen LogP contribution in [0.5, 0.6) is 6.01 Å². The van der Waals surface area contributed by atoms with Crippen LogP contribution in [-0.2, 0) is 22.5 Å². The minimum Gasteiger partial charge on any atom is -0.463 e. The molecular weight excluding hydrogens is 578 g/mol. The highest BCUT2D eigenvalue weighted by Crippen LogP contribution is 2.36. The van der Waals surface area contributed by atoms with Crippen molar-refractivity contribution in [2.24, 2.45) is 0 Å². The van der Waals surface area contributed by atoms with Crippen LogP contribution >= 0.6 is 0 Å². The molecule has 1 amide bonds. The third kappa shape index (κ3) is 6.67. The van der Waals surface area contributed by atoms with E-state index in [9.17, 15) is 4.79 Å². The van der Waals surface area contributed by atoms with Crippen LogP contribution in [0.4, 0.5) is 11.5 Å². The number of piperazine rings is 1. The molecule has 10 heteroatoms. The second-order valence-electron chi connectivity index (χ2n) is 12.7. The maximum Gasteiger partial charge on any atom is 0.318 e. The fourth-order valence-electron chi connectivity index (χ4n) is 7.12. The SMILES string of the molecule is [C-]#[N+]C[C@H]1CN(c2nc(OCCCN3C[C@H](C)OC[C@@H]3C)nc3c2CCN(c2cccc4cccc(C)c24)C3)CCN1C(=O)C=C. The summed E-state index contributed by atoms with van der Waals surface area (Å²) in [6.45, 7) is 24.2. The number of fused-ring (bicyclic) bond motifs is 2. The van der Waals surface area contributed by atoms with E-state index in [4.69, 9.17) is 26.0 Å². The average molecular weight is 624 g/mol. The first-order valence-corrected chi connectivity index (χ1v) is 16.5. The summed E-state index contributed by atoms with van der Waals surface area (Å²) in [5.41, 5.74) is 4.57. The van der Waals surface area contributed by atoms with Crippen LogP contribution in [0.1, 0.15) is 37.1 Å². The van der Waals surface area contributed by atoms with Crippen molar-refractivity contribution in [2.75, 3.05) is 68.8 Å². The van der Waals surface area contributed by atoms with Crippen molar-refractivity contribution >= 4 is 28.2 Å². The van der Waals surface area contributed by atoms with Crippen LogP contribution in [-0.4, -0.2) is 103 Å². The molecular formula is C36H45N7O3. The summed E-state index contributed by atoms with van der Waals surface area (Å²) in [6, 6.07) is 13.5. The van der Waals surface area contributed by atoms with Crippen LogP contribution in [0, 0.1) is 13.5 Å². The number of benzene rings is 2. The van der Waals surface area contributed by atoms with Gasteiger partial charge in [-0.05, 0) is 56.7 Å². The molecule has 4 heterocycles. The Labute approximate surface area is 272 Å². The van der Waals surface area contributed by atoms with Crippen LogP contribution in [0.3, 0.4) is 0 Å². The number of amides is 1. The number of carbonyl (C=O) groups excluding carboxylic acids is 1. The number of hydrogen-bond acceptors (Lipinski definition) is 8. The van der Waals surface area contributed by atoms with Gasteiger partial charge in [-0.25, -0.2) is 6.57 Å². The van der Waals surface area contributed by atoms with Gasteiger partial charge in [-0.3, -0.25) is 9.69 Å². The number of hydrogen-bond donors (Lipinski definition) is 0. The first kappa shape index (κ1) is 31.8. The Hall–Kier alpha value is -4.20. The lowest BCUT2D eigenvalue weighted by molar-refractivity contribution is -0.128. The molecule has 2 fully saturated rings. The van der Waals surface area contributed by atoms with E-state index in [2.05, 4.69) is 83.3 Å². The molecule has 10 nitrogen and oxygen atoms in total. The largest absolute Gasteiger partial charge is 0.463 e. The third-order valence-corrected chi connectivity index (χ3v) is 9.55. The normalized spacial score (nSPS) is 22.0. The van der Waals surface area contributed by atoms with Gasteiger partial charge in [0.1, 0.15) is 11.9 Å². The molecule has 3 aromatic rings. The summed E-state index contributed by atoms with van der Waals surface area (Å²) in [4.78, 5) is 35.1. The Morgan fingerprint density at radius 3 is 2.76 bits per heavy atom. The first-order valence-electron chi connectivity index (χ1n) is 16.5. The van der Waals surface area contributed by atoms with Crippen LogP contribution in [0.15, 0.2) is 49.1 Å². The zero-order valence-electron chi connectivity index (χ0n) is 27.3. The van der Waals surface area contributed by atoms with Crippen LogP contribution in [0.2, 0.25) is 0 Å². The number of carbonyl (C=O) groups is 1. The minimum absolute atomic E-state index is 0.132. The number of anilines is 2. The molecule has 1 aromatic heterocycles. The Morgan fingerprint density at radius 2 is 1.96 bits per heavy atom.